The molecule has 0 bridgehead atoms. The van der Waals surface area contributed by atoms with Crippen LogP contribution in [-0.4, -0.2) is 29.1 Å². The average molecular weight is 382 g/mol. The van der Waals surface area contributed by atoms with Gasteiger partial charge >= 0.3 is 0 Å². The summed E-state index contributed by atoms with van der Waals surface area (Å²) < 4.78 is 19.1. The molecule has 3 aromatic rings. The molecule has 2 N–H and O–H groups in total. The molecular formula is C22H23FN2O3. The maximum Gasteiger partial charge on any atom is 0.169 e. The van der Waals surface area contributed by atoms with Gasteiger partial charge in [-0.25, -0.2) is 4.39 Å². The predicted octanol–water partition coefficient (Wildman–Crippen LogP) is 4.64. The van der Waals surface area contributed by atoms with Crippen LogP contribution < -0.4 is 10.1 Å². The van der Waals surface area contributed by atoms with Crippen LogP contribution in [0.1, 0.15) is 29.8 Å². The van der Waals surface area contributed by atoms with Gasteiger partial charge in [-0.1, -0.05) is 26.0 Å². The van der Waals surface area contributed by atoms with Crippen molar-refractivity contribution in [2.24, 2.45) is 5.92 Å². The Morgan fingerprint density at radius 1 is 1.29 bits per heavy atom. The summed E-state index contributed by atoms with van der Waals surface area (Å²) in [4.78, 5) is 17.2. The van der Waals surface area contributed by atoms with Crippen LogP contribution >= 0.6 is 0 Å². The van der Waals surface area contributed by atoms with Gasteiger partial charge in [-0.05, 0) is 36.8 Å². The van der Waals surface area contributed by atoms with E-state index in [1.165, 1.54) is 18.3 Å². The number of Topliss-reactive ketones (excluding diaryl/α,β-unsaturated/α-hetero) is 1. The highest BCUT2D eigenvalue weighted by Gasteiger charge is 2.20. The van der Waals surface area contributed by atoms with Crippen molar-refractivity contribution in [2.45, 2.75) is 20.8 Å². The zero-order valence-corrected chi connectivity index (χ0v) is 16.1. The summed E-state index contributed by atoms with van der Waals surface area (Å²) in [5.74, 6) is -0.0453. The minimum Gasteiger partial charge on any atom is -0.489 e. The summed E-state index contributed by atoms with van der Waals surface area (Å²) in [6.45, 7) is 5.50. The molecule has 1 heterocycles. The molecule has 28 heavy (non-hydrogen) atoms. The highest BCUT2D eigenvalue weighted by atomic mass is 19.1. The van der Waals surface area contributed by atoms with Crippen LogP contribution in [0.3, 0.4) is 0 Å². The fraction of sp³-hybridized carbons (Fsp3) is 0.273. The molecular weight excluding hydrogens is 359 g/mol. The molecule has 0 atom stereocenters. The maximum atomic E-state index is 13.5. The number of aromatic nitrogens is 1. The molecule has 0 unspecified atom stereocenters. The van der Waals surface area contributed by atoms with Gasteiger partial charge in [0.1, 0.15) is 23.7 Å². The van der Waals surface area contributed by atoms with Crippen LogP contribution in [0.2, 0.25) is 0 Å². The third-order valence-electron chi connectivity index (χ3n) is 4.45. The summed E-state index contributed by atoms with van der Waals surface area (Å²) in [6.07, 6.45) is 1.54. The molecule has 2 aromatic carbocycles. The number of aliphatic hydroxyl groups is 1. The Balaban J connectivity index is 2.19. The zero-order valence-electron chi connectivity index (χ0n) is 16.1. The summed E-state index contributed by atoms with van der Waals surface area (Å²) >= 11 is 0. The Morgan fingerprint density at radius 3 is 2.75 bits per heavy atom. The number of anilines is 2. The van der Waals surface area contributed by atoms with Crippen molar-refractivity contribution in [1.82, 2.24) is 4.98 Å². The third-order valence-corrected chi connectivity index (χ3v) is 4.45. The number of para-hydroxylation sites is 1. The van der Waals surface area contributed by atoms with Crippen molar-refractivity contribution >= 4 is 28.1 Å². The van der Waals surface area contributed by atoms with E-state index in [9.17, 15) is 9.18 Å². The zero-order chi connectivity index (χ0) is 20.3. The second-order valence-electron chi connectivity index (χ2n) is 6.87. The van der Waals surface area contributed by atoms with E-state index in [1.807, 2.05) is 26.0 Å². The summed E-state index contributed by atoms with van der Waals surface area (Å²) in [7, 11) is 0. The minimum atomic E-state index is -0.319. The summed E-state index contributed by atoms with van der Waals surface area (Å²) in [5.41, 5.74) is 3.07. The molecule has 1 aromatic heterocycles. The number of aliphatic hydroxyl groups excluding tert-OH is 1. The van der Waals surface area contributed by atoms with Gasteiger partial charge in [0.2, 0.25) is 0 Å². The van der Waals surface area contributed by atoms with Gasteiger partial charge in [0.15, 0.2) is 5.78 Å². The number of carbonyl (C=O) groups excluding carboxylic acids is 1. The van der Waals surface area contributed by atoms with Crippen molar-refractivity contribution in [3.8, 4) is 5.75 Å². The molecule has 3 rings (SSSR count). The minimum absolute atomic E-state index is 0.0432. The lowest BCUT2D eigenvalue weighted by atomic mass is 9.98. The monoisotopic (exact) mass is 382 g/mol. The standard InChI is InChI=1S/C22H23FN2O3/c1-13(2)22(27)17-12-24-21-16(5-4-6-19(21)28-10-9-26)20(17)25-18-8-7-15(23)11-14(18)3/h4-8,11-13,26H,9-10H2,1-3H3,(H,24,25). The molecule has 0 saturated carbocycles. The van der Waals surface area contributed by atoms with Crippen molar-refractivity contribution in [1.29, 1.82) is 0 Å². The Kier molecular flexibility index (Phi) is 5.90. The number of benzene rings is 2. The van der Waals surface area contributed by atoms with Crippen LogP contribution in [0.15, 0.2) is 42.6 Å². The third kappa shape index (κ3) is 3.97. The quantitative estimate of drug-likeness (QED) is 0.583. The number of rotatable bonds is 7. The lowest BCUT2D eigenvalue weighted by Crippen LogP contribution is -2.12. The second kappa shape index (κ2) is 8.35. The largest absolute Gasteiger partial charge is 0.489 e. The first-order chi connectivity index (χ1) is 13.4. The molecule has 0 aliphatic heterocycles. The number of ketones is 1. The van der Waals surface area contributed by atoms with Gasteiger partial charge in [0, 0.05) is 23.2 Å². The van der Waals surface area contributed by atoms with E-state index in [0.29, 0.717) is 33.6 Å². The first-order valence-corrected chi connectivity index (χ1v) is 9.15. The average Bonchev–Trinajstić information content (AvgIpc) is 2.67. The van der Waals surface area contributed by atoms with E-state index in [1.54, 1.807) is 19.1 Å². The van der Waals surface area contributed by atoms with Crippen LogP contribution in [0.5, 0.6) is 5.75 Å². The molecule has 0 spiro atoms. The highest BCUT2D eigenvalue weighted by Crippen LogP contribution is 2.35. The van der Waals surface area contributed by atoms with Crippen LogP contribution in [-0.2, 0) is 0 Å². The Morgan fingerprint density at radius 2 is 2.07 bits per heavy atom. The smallest absolute Gasteiger partial charge is 0.169 e. The van der Waals surface area contributed by atoms with Crippen molar-refractivity contribution < 1.29 is 19.0 Å². The number of nitrogens with one attached hydrogen (secondary N) is 1. The van der Waals surface area contributed by atoms with E-state index in [4.69, 9.17) is 9.84 Å². The number of ether oxygens (including phenoxy) is 1. The molecule has 5 nitrogen and oxygen atoms in total. The first kappa shape index (κ1) is 19.8. The Labute approximate surface area is 163 Å². The molecule has 0 aliphatic rings. The highest BCUT2D eigenvalue weighted by molar-refractivity contribution is 6.10. The SMILES string of the molecule is Cc1cc(F)ccc1Nc1c(C(=O)C(C)C)cnc2c(OCCO)cccc12. The van der Waals surface area contributed by atoms with Crippen molar-refractivity contribution in [3.05, 3.63) is 59.5 Å². The normalized spacial score (nSPS) is 11.1. The molecule has 0 radical (unpaired) electrons. The summed E-state index contributed by atoms with van der Waals surface area (Å²) in [6, 6.07) is 9.88. The number of fused-ring (bicyclic) bond motifs is 1. The Hall–Kier alpha value is -2.99. The van der Waals surface area contributed by atoms with Crippen LogP contribution in [0.25, 0.3) is 10.9 Å². The lowest BCUT2D eigenvalue weighted by Gasteiger charge is -2.18. The van der Waals surface area contributed by atoms with Gasteiger partial charge in [-0.15, -0.1) is 0 Å². The Bertz CT molecular complexity index is 1020. The van der Waals surface area contributed by atoms with Gasteiger partial charge in [0.25, 0.3) is 0 Å². The topological polar surface area (TPSA) is 71.5 Å². The van der Waals surface area contributed by atoms with Gasteiger partial charge in [-0.2, -0.15) is 0 Å². The van der Waals surface area contributed by atoms with Crippen LogP contribution in [0, 0.1) is 18.7 Å². The number of nitrogens with zero attached hydrogens (tertiary/aromatic N) is 1. The maximum absolute atomic E-state index is 13.5. The summed E-state index contributed by atoms with van der Waals surface area (Å²) in [5, 5.41) is 13.1. The number of pyridine rings is 1. The molecule has 6 heteroatoms. The number of hydrogen-bond donors (Lipinski definition) is 2. The lowest BCUT2D eigenvalue weighted by molar-refractivity contribution is 0.0940. The van der Waals surface area contributed by atoms with Gasteiger partial charge < -0.3 is 15.2 Å². The number of carbonyl (C=O) groups is 1. The fourth-order valence-electron chi connectivity index (χ4n) is 3.00. The fourth-order valence-corrected chi connectivity index (χ4v) is 3.00. The molecule has 0 saturated heterocycles. The second-order valence-corrected chi connectivity index (χ2v) is 6.87. The molecule has 146 valence electrons. The number of hydrogen-bond acceptors (Lipinski definition) is 5. The molecule has 0 aliphatic carbocycles. The van der Waals surface area contributed by atoms with Gasteiger partial charge in [-0.3, -0.25) is 9.78 Å². The van der Waals surface area contributed by atoms with Crippen LogP contribution in [0.4, 0.5) is 15.8 Å². The van der Waals surface area contributed by atoms with Gasteiger partial charge in [0.05, 0.1) is 17.9 Å². The first-order valence-electron chi connectivity index (χ1n) is 9.15. The van der Waals surface area contributed by atoms with E-state index < -0.39 is 0 Å². The number of halogens is 1. The number of aryl methyl sites for hydroxylation is 1. The molecule has 0 fully saturated rings. The van der Waals surface area contributed by atoms with Crippen molar-refractivity contribution in [3.63, 3.8) is 0 Å². The van der Waals surface area contributed by atoms with Crippen molar-refractivity contribution in [2.75, 3.05) is 18.5 Å². The molecule has 0 amide bonds. The van der Waals surface area contributed by atoms with E-state index in [0.717, 1.165) is 5.56 Å². The van der Waals surface area contributed by atoms with E-state index >= 15 is 0 Å². The predicted molar refractivity (Wildman–Crippen MR) is 108 cm³/mol. The van der Waals surface area contributed by atoms with E-state index in [2.05, 4.69) is 10.3 Å². The van der Waals surface area contributed by atoms with E-state index in [-0.39, 0.29) is 30.7 Å².